The Hall–Kier alpha value is -2.67. The van der Waals surface area contributed by atoms with Gasteiger partial charge in [0.05, 0.1) is 31.2 Å². The van der Waals surface area contributed by atoms with Crippen LogP contribution in [0.5, 0.6) is 0 Å². The molecule has 2 saturated heterocycles. The lowest BCUT2D eigenvalue weighted by Gasteiger charge is -2.30. The molecule has 2 amide bonds. The van der Waals surface area contributed by atoms with Crippen molar-refractivity contribution in [2.75, 3.05) is 33.0 Å². The maximum atomic E-state index is 13.2. The third-order valence-corrected chi connectivity index (χ3v) is 6.59. The van der Waals surface area contributed by atoms with Crippen molar-refractivity contribution >= 4 is 31.6 Å². The minimum absolute atomic E-state index is 0.0364. The van der Waals surface area contributed by atoms with Crippen molar-refractivity contribution in [2.24, 2.45) is 11.8 Å². The van der Waals surface area contributed by atoms with Crippen LogP contribution < -0.4 is 0 Å². The molecule has 2 bridgehead atoms. The quantitative estimate of drug-likeness (QED) is 0.0772. The number of ether oxygens (including phenoxy) is 4. The highest BCUT2D eigenvalue weighted by molar-refractivity contribution is 7.46. The van der Waals surface area contributed by atoms with Gasteiger partial charge in [0, 0.05) is 17.7 Å². The highest BCUT2D eigenvalue weighted by atomic mass is 31.2. The lowest BCUT2D eigenvalue weighted by Crippen LogP contribution is -2.46. The minimum Gasteiger partial charge on any atom is -0.459 e. The molecule has 204 valence electrons. The third kappa shape index (κ3) is 6.61. The van der Waals surface area contributed by atoms with E-state index in [9.17, 15) is 23.7 Å². The number of carbonyl (C=O) groups is 4. The molecule has 3 aliphatic heterocycles. The van der Waals surface area contributed by atoms with Crippen molar-refractivity contribution < 1.29 is 57.0 Å². The van der Waals surface area contributed by atoms with Crippen LogP contribution in [-0.2, 0) is 47.2 Å². The number of nitrogens with zero attached hydrogens (tertiary/aromatic N) is 1. The fourth-order valence-electron chi connectivity index (χ4n) is 4.33. The van der Waals surface area contributed by atoms with Crippen molar-refractivity contribution in [2.45, 2.75) is 38.1 Å². The number of amides is 2. The second-order valence-corrected chi connectivity index (χ2v) is 10.3. The third-order valence-electron chi connectivity index (χ3n) is 6.07. The van der Waals surface area contributed by atoms with E-state index in [0.717, 1.165) is 4.90 Å². The van der Waals surface area contributed by atoms with Crippen LogP contribution >= 0.6 is 7.82 Å². The Bertz CT molecular complexity index is 1030. The first-order valence-electron chi connectivity index (χ1n) is 11.4. The Balaban J connectivity index is 1.66. The molecule has 37 heavy (non-hydrogen) atoms. The van der Waals surface area contributed by atoms with E-state index in [2.05, 4.69) is 17.7 Å². The van der Waals surface area contributed by atoms with Gasteiger partial charge in [0.25, 0.3) is 0 Å². The van der Waals surface area contributed by atoms with E-state index in [1.165, 1.54) is 13.8 Å². The molecule has 0 aromatic carbocycles. The van der Waals surface area contributed by atoms with E-state index in [-0.39, 0.29) is 50.5 Å². The molecule has 3 rings (SSSR count). The van der Waals surface area contributed by atoms with Crippen LogP contribution in [0.3, 0.4) is 0 Å². The second-order valence-electron chi connectivity index (χ2n) is 9.10. The van der Waals surface area contributed by atoms with Gasteiger partial charge in [0.15, 0.2) is 0 Å². The second kappa shape index (κ2) is 11.4. The lowest BCUT2D eigenvalue weighted by atomic mass is 9.77. The van der Waals surface area contributed by atoms with Gasteiger partial charge in [-0.3, -0.25) is 19.0 Å². The maximum Gasteiger partial charge on any atom is 0.469 e. The van der Waals surface area contributed by atoms with Crippen LogP contribution in [0.2, 0.25) is 0 Å². The minimum atomic E-state index is -4.66. The number of hydrogen-bond donors (Lipinski definition) is 2. The summed E-state index contributed by atoms with van der Waals surface area (Å²) in [7, 11) is -4.66. The molecular formula is C23H30NO12P. The summed E-state index contributed by atoms with van der Waals surface area (Å²) >= 11 is 0. The predicted molar refractivity (Wildman–Crippen MR) is 124 cm³/mol. The standard InChI is InChI=1S/C23H30NO12P/c1-13(2)21(27)32-10-15(11-33-22(28)14(3)4)34-12-23-7-6-16(36-23)17-18(23)20(26)24(19(17)25)8-5-9-35-37(29,30)31/h6-7,15-18H,1,3,5,8-12H2,2,4H3,(H2,29,30,31). The Labute approximate surface area is 213 Å². The van der Waals surface area contributed by atoms with Crippen LogP contribution in [0.1, 0.15) is 20.3 Å². The summed E-state index contributed by atoms with van der Waals surface area (Å²) in [6.07, 6.45) is 1.80. The molecule has 4 atom stereocenters. The van der Waals surface area contributed by atoms with Crippen LogP contribution in [-0.4, -0.2) is 89.2 Å². The molecule has 0 radical (unpaired) electrons. The van der Waals surface area contributed by atoms with Crippen LogP contribution in [0, 0.1) is 11.8 Å². The summed E-state index contributed by atoms with van der Waals surface area (Å²) in [5.74, 6) is -3.93. The number of rotatable bonds is 14. The molecule has 3 heterocycles. The molecule has 3 aliphatic rings. The summed E-state index contributed by atoms with van der Waals surface area (Å²) in [5.41, 5.74) is -0.934. The number of esters is 2. The van der Waals surface area contributed by atoms with Gasteiger partial charge in [-0.15, -0.1) is 0 Å². The highest BCUT2D eigenvalue weighted by Gasteiger charge is 2.67. The van der Waals surface area contributed by atoms with E-state index >= 15 is 0 Å². The number of phosphoric ester groups is 1. The summed E-state index contributed by atoms with van der Waals surface area (Å²) in [6, 6.07) is 0. The molecule has 4 unspecified atom stereocenters. The van der Waals surface area contributed by atoms with Crippen molar-refractivity contribution in [3.63, 3.8) is 0 Å². The van der Waals surface area contributed by atoms with Gasteiger partial charge in [-0.05, 0) is 20.3 Å². The fraction of sp³-hybridized carbons (Fsp3) is 0.565. The van der Waals surface area contributed by atoms with E-state index < -0.39 is 61.2 Å². The Morgan fingerprint density at radius 3 is 2.27 bits per heavy atom. The van der Waals surface area contributed by atoms with E-state index in [1.807, 2.05) is 0 Å². The Kier molecular flexibility index (Phi) is 8.89. The van der Waals surface area contributed by atoms with Gasteiger partial charge in [0.2, 0.25) is 11.8 Å². The molecule has 0 aliphatic carbocycles. The molecule has 0 aromatic heterocycles. The molecule has 14 heteroatoms. The van der Waals surface area contributed by atoms with Gasteiger partial charge < -0.3 is 28.7 Å². The lowest BCUT2D eigenvalue weighted by molar-refractivity contribution is -0.157. The fourth-order valence-corrected chi connectivity index (χ4v) is 4.70. The highest BCUT2D eigenvalue weighted by Crippen LogP contribution is 2.52. The first-order chi connectivity index (χ1) is 17.3. The van der Waals surface area contributed by atoms with Crippen LogP contribution in [0.25, 0.3) is 0 Å². The van der Waals surface area contributed by atoms with Crippen LogP contribution in [0.15, 0.2) is 36.5 Å². The number of imide groups is 1. The molecule has 0 saturated carbocycles. The molecule has 13 nitrogen and oxygen atoms in total. The van der Waals surface area contributed by atoms with Gasteiger partial charge in [-0.2, -0.15) is 0 Å². The smallest absolute Gasteiger partial charge is 0.459 e. The normalized spacial score (nSPS) is 26.1. The molecule has 2 fully saturated rings. The van der Waals surface area contributed by atoms with Crippen molar-refractivity contribution in [1.82, 2.24) is 4.90 Å². The van der Waals surface area contributed by atoms with E-state index in [0.29, 0.717) is 0 Å². The number of likely N-dealkylation sites (tertiary alicyclic amines) is 1. The van der Waals surface area contributed by atoms with Crippen LogP contribution in [0.4, 0.5) is 0 Å². The summed E-state index contributed by atoms with van der Waals surface area (Å²) < 4.78 is 37.4. The van der Waals surface area contributed by atoms with Gasteiger partial charge >= 0.3 is 19.8 Å². The molecule has 0 spiro atoms. The Morgan fingerprint density at radius 1 is 1.14 bits per heavy atom. The Morgan fingerprint density at radius 2 is 1.73 bits per heavy atom. The first kappa shape index (κ1) is 28.9. The molecule has 2 N–H and O–H groups in total. The monoisotopic (exact) mass is 543 g/mol. The summed E-state index contributed by atoms with van der Waals surface area (Å²) in [6.45, 7) is 8.80. The largest absolute Gasteiger partial charge is 0.469 e. The first-order valence-corrected chi connectivity index (χ1v) is 13.0. The zero-order chi connectivity index (χ0) is 27.5. The average molecular weight is 543 g/mol. The zero-order valence-electron chi connectivity index (χ0n) is 20.5. The summed E-state index contributed by atoms with van der Waals surface area (Å²) in [5, 5.41) is 0. The molecule has 0 aromatic rings. The maximum absolute atomic E-state index is 13.2. The van der Waals surface area contributed by atoms with Gasteiger partial charge in [0.1, 0.15) is 24.9 Å². The zero-order valence-corrected chi connectivity index (χ0v) is 21.4. The SMILES string of the molecule is C=C(C)C(=O)OCC(COC(=O)C(=C)C)OCC12C=CC(O1)C1C(=O)N(CCCOP(=O)(O)O)C(=O)C12. The van der Waals surface area contributed by atoms with E-state index in [1.54, 1.807) is 12.2 Å². The number of carbonyl (C=O) groups excluding carboxylic acids is 4. The number of fused-ring (bicyclic) bond motifs is 5. The van der Waals surface area contributed by atoms with Crippen molar-refractivity contribution in [1.29, 1.82) is 0 Å². The molecular weight excluding hydrogens is 513 g/mol. The van der Waals surface area contributed by atoms with Crippen molar-refractivity contribution in [3.05, 3.63) is 36.5 Å². The topological polar surface area (TPSA) is 175 Å². The van der Waals surface area contributed by atoms with E-state index in [4.69, 9.17) is 28.7 Å². The van der Waals surface area contributed by atoms with Crippen molar-refractivity contribution in [3.8, 4) is 0 Å². The predicted octanol–water partition coefficient (Wildman–Crippen LogP) is 0.418. The number of phosphoric acid groups is 1. The van der Waals surface area contributed by atoms with Gasteiger partial charge in [-0.25, -0.2) is 14.2 Å². The summed E-state index contributed by atoms with van der Waals surface area (Å²) in [4.78, 5) is 68.4. The average Bonchev–Trinajstić information content (AvgIpc) is 3.45. The van der Waals surface area contributed by atoms with Gasteiger partial charge in [-0.1, -0.05) is 25.3 Å². The number of hydrogen-bond acceptors (Lipinski definition) is 10.